The maximum atomic E-state index is 13.9. The summed E-state index contributed by atoms with van der Waals surface area (Å²) in [6.45, 7) is 4.53. The third kappa shape index (κ3) is 5.24. The lowest BCUT2D eigenvalue weighted by Gasteiger charge is -2.23. The minimum absolute atomic E-state index is 0.115. The monoisotopic (exact) mass is 412 g/mol. The van der Waals surface area contributed by atoms with Gasteiger partial charge in [0.15, 0.2) is 0 Å². The van der Waals surface area contributed by atoms with Gasteiger partial charge in [0.25, 0.3) is 0 Å². The lowest BCUT2D eigenvalue weighted by Crippen LogP contribution is -2.86. The summed E-state index contributed by atoms with van der Waals surface area (Å²) in [4.78, 5) is 24.1. The maximum absolute atomic E-state index is 13.9. The number of quaternary nitrogens is 1. The van der Waals surface area contributed by atoms with Crippen LogP contribution in [0.1, 0.15) is 36.6 Å². The number of rotatable bonds is 8. The van der Waals surface area contributed by atoms with Crippen molar-refractivity contribution in [3.63, 3.8) is 0 Å². The number of halogens is 1. The second kappa shape index (κ2) is 10.0. The minimum Gasteiger partial charge on any atom is -0.463 e. The van der Waals surface area contributed by atoms with E-state index in [0.29, 0.717) is 17.8 Å². The number of carbonyl (C=O) groups excluding carboxylic acids is 2. The number of esters is 1. The van der Waals surface area contributed by atoms with Crippen molar-refractivity contribution in [2.75, 3.05) is 19.7 Å². The number of nitrogens with one attached hydrogen (secondary N) is 2. The first-order valence-corrected chi connectivity index (χ1v) is 10.1. The molecular formula is C23H27FN3O3+. The predicted molar refractivity (Wildman–Crippen MR) is 111 cm³/mol. The first-order valence-electron chi connectivity index (χ1n) is 10.1. The van der Waals surface area contributed by atoms with E-state index in [9.17, 15) is 14.0 Å². The van der Waals surface area contributed by atoms with Crippen LogP contribution in [0.5, 0.6) is 0 Å². The fourth-order valence-corrected chi connectivity index (χ4v) is 3.48. The Balaban J connectivity index is 1.90. The first kappa shape index (κ1) is 21.5. The summed E-state index contributed by atoms with van der Waals surface area (Å²) in [6, 6.07) is 14.1. The Morgan fingerprint density at radius 2 is 1.93 bits per heavy atom. The van der Waals surface area contributed by atoms with Gasteiger partial charge >= 0.3 is 12.0 Å². The highest BCUT2D eigenvalue weighted by Gasteiger charge is 2.26. The maximum Gasteiger partial charge on any atom is 0.337 e. The van der Waals surface area contributed by atoms with E-state index in [2.05, 4.69) is 29.7 Å². The highest BCUT2D eigenvalue weighted by molar-refractivity contribution is 5.93. The van der Waals surface area contributed by atoms with Crippen LogP contribution in [0.25, 0.3) is 0 Å². The average Bonchev–Trinajstić information content (AvgIpc) is 2.74. The van der Waals surface area contributed by atoms with Crippen LogP contribution in [-0.2, 0) is 16.0 Å². The highest BCUT2D eigenvalue weighted by Crippen LogP contribution is 2.20. The van der Waals surface area contributed by atoms with E-state index in [4.69, 9.17) is 4.74 Å². The van der Waals surface area contributed by atoms with Crippen molar-refractivity contribution in [3.8, 4) is 0 Å². The molecular weight excluding hydrogens is 385 g/mol. The fraction of sp³-hybridized carbons (Fsp3) is 0.304. The minimum atomic E-state index is -0.456. The summed E-state index contributed by atoms with van der Waals surface area (Å²) in [7, 11) is 0. The fourth-order valence-electron chi connectivity index (χ4n) is 3.48. The van der Waals surface area contributed by atoms with E-state index in [0.717, 1.165) is 17.5 Å². The molecule has 0 radical (unpaired) electrons. The quantitative estimate of drug-likeness (QED) is 0.581. The number of hydrogen-bond acceptors (Lipinski definition) is 3. The van der Waals surface area contributed by atoms with Crippen LogP contribution < -0.4 is 16.0 Å². The van der Waals surface area contributed by atoms with Gasteiger partial charge in [0, 0.05) is 11.1 Å². The molecule has 2 amide bonds. The molecule has 0 saturated heterocycles. The van der Waals surface area contributed by atoms with Crippen molar-refractivity contribution in [3.05, 3.63) is 82.3 Å². The Morgan fingerprint density at radius 3 is 2.60 bits per heavy atom. The van der Waals surface area contributed by atoms with E-state index in [1.54, 1.807) is 13.0 Å². The summed E-state index contributed by atoms with van der Waals surface area (Å²) >= 11 is 0. The summed E-state index contributed by atoms with van der Waals surface area (Å²) < 4.78 is 19.0. The van der Waals surface area contributed by atoms with Gasteiger partial charge in [-0.3, -0.25) is 0 Å². The molecule has 1 atom stereocenters. The van der Waals surface area contributed by atoms with E-state index in [1.807, 2.05) is 23.5 Å². The molecule has 3 rings (SSSR count). The summed E-state index contributed by atoms with van der Waals surface area (Å²) in [5.41, 5.74) is 3.93. The third-order valence-corrected chi connectivity index (χ3v) is 5.09. The van der Waals surface area contributed by atoms with E-state index in [1.165, 1.54) is 17.7 Å². The highest BCUT2D eigenvalue weighted by atomic mass is 19.1. The zero-order valence-corrected chi connectivity index (χ0v) is 17.2. The number of amides is 2. The van der Waals surface area contributed by atoms with Crippen LogP contribution in [0.3, 0.4) is 0 Å². The molecule has 1 aliphatic heterocycles. The average molecular weight is 412 g/mol. The molecule has 0 unspecified atom stereocenters. The van der Waals surface area contributed by atoms with Gasteiger partial charge in [-0.05, 0) is 31.0 Å². The standard InChI is InChI=1S/C23H26FN3O3/c1-3-15-8-10-16(11-9-15)21(17-6-5-7-18(24)12-17)25-14-20-19(22(28)30-4-2)13-26-23(29)27-20/h5-12,21,25H,3-4,13-14H2,1-2H3,(H2,26,27,29)/p+1/t21-/m1/s1. The zero-order valence-electron chi connectivity index (χ0n) is 17.2. The molecule has 6 nitrogen and oxygen atoms in total. The van der Waals surface area contributed by atoms with Gasteiger partial charge in [-0.15, -0.1) is 0 Å². The van der Waals surface area contributed by atoms with Gasteiger partial charge in [0.05, 0.1) is 24.4 Å². The Kier molecular flexibility index (Phi) is 7.19. The van der Waals surface area contributed by atoms with Gasteiger partial charge in [-0.2, -0.15) is 0 Å². The second-order valence-electron chi connectivity index (χ2n) is 7.05. The molecule has 4 N–H and O–H groups in total. The van der Waals surface area contributed by atoms with Crippen LogP contribution in [0.15, 0.2) is 59.8 Å². The van der Waals surface area contributed by atoms with Gasteiger partial charge in [0.2, 0.25) is 0 Å². The van der Waals surface area contributed by atoms with Crippen molar-refractivity contribution in [2.24, 2.45) is 0 Å². The number of nitrogens with two attached hydrogens (primary N) is 1. The smallest absolute Gasteiger partial charge is 0.337 e. The second-order valence-corrected chi connectivity index (χ2v) is 7.05. The number of carbonyl (C=O) groups is 2. The van der Waals surface area contributed by atoms with Crippen LogP contribution in [-0.4, -0.2) is 31.7 Å². The summed E-state index contributed by atoms with van der Waals surface area (Å²) in [5, 5.41) is 7.30. The first-order chi connectivity index (χ1) is 14.5. The van der Waals surface area contributed by atoms with Gasteiger partial charge in [0.1, 0.15) is 18.4 Å². The van der Waals surface area contributed by atoms with Crippen molar-refractivity contribution in [1.82, 2.24) is 10.6 Å². The Labute approximate surface area is 175 Å². The lowest BCUT2D eigenvalue weighted by atomic mass is 9.97. The molecule has 0 fully saturated rings. The largest absolute Gasteiger partial charge is 0.463 e. The number of aryl methyl sites for hydroxylation is 1. The Bertz CT molecular complexity index is 941. The lowest BCUT2D eigenvalue weighted by molar-refractivity contribution is -0.680. The van der Waals surface area contributed by atoms with Crippen LogP contribution in [0, 0.1) is 5.82 Å². The van der Waals surface area contributed by atoms with Gasteiger partial charge in [-0.1, -0.05) is 43.3 Å². The number of urea groups is 1. The molecule has 2 aromatic carbocycles. The topological polar surface area (TPSA) is 84.0 Å². The molecule has 0 saturated carbocycles. The van der Waals surface area contributed by atoms with E-state index >= 15 is 0 Å². The summed E-state index contributed by atoms with van der Waals surface area (Å²) in [5.74, 6) is -0.763. The molecule has 158 valence electrons. The van der Waals surface area contributed by atoms with Gasteiger partial charge in [-0.25, -0.2) is 14.0 Å². The third-order valence-electron chi connectivity index (χ3n) is 5.09. The molecule has 2 aromatic rings. The number of ether oxygens (including phenoxy) is 1. The van der Waals surface area contributed by atoms with Crippen LogP contribution >= 0.6 is 0 Å². The molecule has 30 heavy (non-hydrogen) atoms. The van der Waals surface area contributed by atoms with E-state index in [-0.39, 0.29) is 31.0 Å². The van der Waals surface area contributed by atoms with Crippen molar-refractivity contribution < 1.29 is 24.0 Å². The molecule has 0 bridgehead atoms. The molecule has 1 aliphatic rings. The molecule has 0 aromatic heterocycles. The summed E-state index contributed by atoms with van der Waals surface area (Å²) in [6.07, 6.45) is 0.934. The van der Waals surface area contributed by atoms with Crippen LogP contribution in [0.2, 0.25) is 0 Å². The van der Waals surface area contributed by atoms with Crippen molar-refractivity contribution in [1.29, 1.82) is 0 Å². The SMILES string of the molecule is CCOC(=O)C1=C(C[NH2+][C@H](c2ccc(CC)cc2)c2cccc(F)c2)NC(=O)NC1. The van der Waals surface area contributed by atoms with E-state index < -0.39 is 5.97 Å². The van der Waals surface area contributed by atoms with Crippen molar-refractivity contribution in [2.45, 2.75) is 26.3 Å². The normalized spacial score (nSPS) is 14.7. The Hall–Kier alpha value is -3.19. The van der Waals surface area contributed by atoms with Gasteiger partial charge < -0.3 is 20.7 Å². The molecule has 1 heterocycles. The molecule has 7 heteroatoms. The van der Waals surface area contributed by atoms with Crippen LogP contribution in [0.4, 0.5) is 9.18 Å². The van der Waals surface area contributed by atoms with Crippen molar-refractivity contribution >= 4 is 12.0 Å². The molecule has 0 spiro atoms. The number of hydrogen-bond donors (Lipinski definition) is 3. The molecule has 0 aliphatic carbocycles. The zero-order chi connectivity index (χ0) is 21.5. The number of benzene rings is 2. The predicted octanol–water partition coefficient (Wildman–Crippen LogP) is 2.17. The Morgan fingerprint density at radius 1 is 1.17 bits per heavy atom.